The van der Waals surface area contributed by atoms with Crippen LogP contribution in [0.3, 0.4) is 0 Å². The van der Waals surface area contributed by atoms with Crippen LogP contribution in [0.25, 0.3) is 0 Å². The molecule has 0 aromatic heterocycles. The van der Waals surface area contributed by atoms with Gasteiger partial charge < -0.3 is 9.47 Å². The van der Waals surface area contributed by atoms with Gasteiger partial charge in [-0.3, -0.25) is 10.0 Å². The number of nitrogens with one attached hydrogen (secondary N) is 1. The molecule has 2 heterocycles. The zero-order chi connectivity index (χ0) is 18.8. The SMILES string of the molecule is CCCCCCOCC1CCN(S(=O)C2(C(=O)NO)CCOCC2)CC1. The van der Waals surface area contributed by atoms with Gasteiger partial charge in [-0.1, -0.05) is 26.2 Å². The molecule has 2 N–H and O–H groups in total. The topological polar surface area (TPSA) is 88.1 Å². The Balaban J connectivity index is 1.77. The normalized spacial score (nSPS) is 22.8. The minimum atomic E-state index is -1.47. The van der Waals surface area contributed by atoms with Crippen molar-refractivity contribution < 1.29 is 23.7 Å². The molecule has 7 nitrogen and oxygen atoms in total. The van der Waals surface area contributed by atoms with Crippen LogP contribution < -0.4 is 5.48 Å². The second kappa shape index (κ2) is 11.3. The lowest BCUT2D eigenvalue weighted by atomic mass is 9.98. The Labute approximate surface area is 159 Å². The predicted octanol–water partition coefficient (Wildman–Crippen LogP) is 2.01. The molecule has 1 amide bonds. The molecule has 0 aromatic carbocycles. The standard InChI is InChI=1S/C18H34N2O5S/c1-2-3-4-5-12-25-15-16-6-10-20(11-7-16)26(23)18(17(21)19-22)8-13-24-14-9-18/h16,22H,2-15H2,1H3,(H,19,21). The van der Waals surface area contributed by atoms with Gasteiger partial charge in [-0.05, 0) is 38.0 Å². The van der Waals surface area contributed by atoms with Gasteiger partial charge in [-0.15, -0.1) is 0 Å². The molecule has 8 heteroatoms. The number of hydroxylamine groups is 1. The summed E-state index contributed by atoms with van der Waals surface area (Å²) >= 11 is 0. The molecule has 0 radical (unpaired) electrons. The fourth-order valence-corrected chi connectivity index (χ4v) is 5.41. The van der Waals surface area contributed by atoms with Crippen molar-refractivity contribution in [2.75, 3.05) is 39.5 Å². The van der Waals surface area contributed by atoms with Gasteiger partial charge >= 0.3 is 0 Å². The summed E-state index contributed by atoms with van der Waals surface area (Å²) in [7, 11) is -1.47. The van der Waals surface area contributed by atoms with Crippen LogP contribution in [0.5, 0.6) is 0 Å². The van der Waals surface area contributed by atoms with Crippen molar-refractivity contribution in [3.05, 3.63) is 0 Å². The van der Waals surface area contributed by atoms with Crippen molar-refractivity contribution in [1.82, 2.24) is 9.79 Å². The number of unbranched alkanes of at least 4 members (excludes halogenated alkanes) is 3. The average Bonchev–Trinajstić information content (AvgIpc) is 2.70. The van der Waals surface area contributed by atoms with E-state index in [-0.39, 0.29) is 0 Å². The molecule has 1 atom stereocenters. The quantitative estimate of drug-likeness (QED) is 0.338. The Hall–Kier alpha value is -0.540. The smallest absolute Gasteiger partial charge is 0.263 e. The summed E-state index contributed by atoms with van der Waals surface area (Å²) in [5.41, 5.74) is 1.72. The molecule has 0 spiro atoms. The summed E-state index contributed by atoms with van der Waals surface area (Å²) in [4.78, 5) is 12.2. The zero-order valence-corrected chi connectivity index (χ0v) is 16.7. The van der Waals surface area contributed by atoms with Crippen molar-refractivity contribution in [3.63, 3.8) is 0 Å². The predicted molar refractivity (Wildman–Crippen MR) is 100 cm³/mol. The van der Waals surface area contributed by atoms with Crippen LogP contribution in [0.4, 0.5) is 0 Å². The van der Waals surface area contributed by atoms with Crippen LogP contribution >= 0.6 is 0 Å². The molecular weight excluding hydrogens is 356 g/mol. The average molecular weight is 391 g/mol. The molecule has 2 fully saturated rings. The molecule has 152 valence electrons. The summed E-state index contributed by atoms with van der Waals surface area (Å²) < 4.78 is 25.1. The summed E-state index contributed by atoms with van der Waals surface area (Å²) in [6.07, 6.45) is 7.44. The van der Waals surface area contributed by atoms with E-state index in [1.807, 2.05) is 4.31 Å². The number of carbonyl (C=O) groups is 1. The maximum Gasteiger partial charge on any atom is 0.263 e. The number of amides is 1. The second-order valence-electron chi connectivity index (χ2n) is 7.30. The van der Waals surface area contributed by atoms with Gasteiger partial charge in [0.05, 0.1) is 0 Å². The molecule has 2 aliphatic rings. The number of hydrogen-bond donors (Lipinski definition) is 2. The van der Waals surface area contributed by atoms with Crippen LogP contribution in [0.15, 0.2) is 0 Å². The van der Waals surface area contributed by atoms with E-state index in [0.717, 1.165) is 32.5 Å². The van der Waals surface area contributed by atoms with Crippen molar-refractivity contribution in [1.29, 1.82) is 0 Å². The number of rotatable bonds is 10. The van der Waals surface area contributed by atoms with Gasteiger partial charge in [0.15, 0.2) is 0 Å². The van der Waals surface area contributed by atoms with Crippen LogP contribution in [-0.4, -0.2) is 63.9 Å². The summed E-state index contributed by atoms with van der Waals surface area (Å²) in [6, 6.07) is 0. The maximum absolute atomic E-state index is 13.1. The molecule has 2 rings (SSSR count). The first kappa shape index (κ1) is 21.8. The lowest BCUT2D eigenvalue weighted by Gasteiger charge is -2.40. The molecule has 0 saturated carbocycles. The van der Waals surface area contributed by atoms with Crippen molar-refractivity contribution in [3.8, 4) is 0 Å². The highest BCUT2D eigenvalue weighted by atomic mass is 32.2. The number of nitrogens with zero attached hydrogens (tertiary/aromatic N) is 1. The summed E-state index contributed by atoms with van der Waals surface area (Å²) in [6.45, 7) is 5.96. The third-order valence-electron chi connectivity index (χ3n) is 5.45. The van der Waals surface area contributed by atoms with E-state index in [9.17, 15) is 9.00 Å². The van der Waals surface area contributed by atoms with E-state index < -0.39 is 21.6 Å². The third-order valence-corrected chi connectivity index (χ3v) is 7.55. The molecule has 2 saturated heterocycles. The number of hydrogen-bond acceptors (Lipinski definition) is 5. The Kier molecular flexibility index (Phi) is 9.49. The van der Waals surface area contributed by atoms with Gasteiger partial charge in [-0.2, -0.15) is 0 Å². The van der Waals surface area contributed by atoms with Gasteiger partial charge in [0.25, 0.3) is 5.91 Å². The molecule has 0 bridgehead atoms. The third kappa shape index (κ3) is 5.73. The van der Waals surface area contributed by atoms with E-state index in [2.05, 4.69) is 6.92 Å². The Morgan fingerprint density at radius 3 is 2.58 bits per heavy atom. The molecule has 1 unspecified atom stereocenters. The minimum Gasteiger partial charge on any atom is -0.381 e. The van der Waals surface area contributed by atoms with Gasteiger partial charge in [0, 0.05) is 39.5 Å². The number of ether oxygens (including phenoxy) is 2. The Morgan fingerprint density at radius 1 is 1.27 bits per heavy atom. The van der Waals surface area contributed by atoms with E-state index in [1.165, 1.54) is 19.3 Å². The highest BCUT2D eigenvalue weighted by Crippen LogP contribution is 2.32. The van der Waals surface area contributed by atoms with Crippen LogP contribution in [0.1, 0.15) is 58.3 Å². The van der Waals surface area contributed by atoms with Gasteiger partial charge in [0.1, 0.15) is 15.7 Å². The number of carbonyl (C=O) groups excluding carboxylic acids is 1. The van der Waals surface area contributed by atoms with E-state index >= 15 is 0 Å². The first-order chi connectivity index (χ1) is 12.6. The maximum atomic E-state index is 13.1. The van der Waals surface area contributed by atoms with E-state index in [1.54, 1.807) is 5.48 Å². The Bertz CT molecular complexity index is 449. The summed E-state index contributed by atoms with van der Waals surface area (Å²) in [5, 5.41) is 9.11. The zero-order valence-electron chi connectivity index (χ0n) is 15.9. The second-order valence-corrected chi connectivity index (χ2v) is 9.10. The molecule has 26 heavy (non-hydrogen) atoms. The monoisotopic (exact) mass is 390 g/mol. The van der Waals surface area contributed by atoms with Crippen molar-refractivity contribution in [2.24, 2.45) is 5.92 Å². The lowest BCUT2D eigenvalue weighted by Crippen LogP contribution is -2.57. The number of piperidine rings is 1. The highest BCUT2D eigenvalue weighted by Gasteiger charge is 2.48. The van der Waals surface area contributed by atoms with Gasteiger partial charge in [-0.25, -0.2) is 14.0 Å². The lowest BCUT2D eigenvalue weighted by molar-refractivity contribution is -0.134. The fourth-order valence-electron chi connectivity index (χ4n) is 3.65. The molecule has 0 aliphatic carbocycles. The van der Waals surface area contributed by atoms with Crippen LogP contribution in [0, 0.1) is 5.92 Å². The van der Waals surface area contributed by atoms with Crippen LogP contribution in [0.2, 0.25) is 0 Å². The fraction of sp³-hybridized carbons (Fsp3) is 0.944. The van der Waals surface area contributed by atoms with E-state index in [0.29, 0.717) is 45.1 Å². The van der Waals surface area contributed by atoms with E-state index in [4.69, 9.17) is 14.7 Å². The van der Waals surface area contributed by atoms with Crippen molar-refractivity contribution in [2.45, 2.75) is 63.0 Å². The first-order valence-corrected chi connectivity index (χ1v) is 11.0. The largest absolute Gasteiger partial charge is 0.381 e. The minimum absolute atomic E-state index is 0.368. The Morgan fingerprint density at radius 2 is 1.96 bits per heavy atom. The first-order valence-electron chi connectivity index (χ1n) is 9.91. The molecule has 2 aliphatic heterocycles. The highest BCUT2D eigenvalue weighted by molar-refractivity contribution is 7.85. The van der Waals surface area contributed by atoms with Crippen molar-refractivity contribution >= 4 is 16.9 Å². The molecular formula is C18H34N2O5S. The van der Waals surface area contributed by atoms with Gasteiger partial charge in [0.2, 0.25) is 0 Å². The summed E-state index contributed by atoms with van der Waals surface area (Å²) in [5.74, 6) is -0.0663. The molecule has 0 aromatic rings. The van der Waals surface area contributed by atoms with Crippen LogP contribution in [-0.2, 0) is 25.3 Å².